The number of anilines is 1. The molecule has 0 bridgehead atoms. The third kappa shape index (κ3) is 2.72. The molecule has 0 fully saturated rings. The van der Waals surface area contributed by atoms with Crippen molar-refractivity contribution < 1.29 is 4.79 Å². The molecule has 0 aliphatic rings. The summed E-state index contributed by atoms with van der Waals surface area (Å²) in [7, 11) is 0. The Balaban J connectivity index is 1.97. The van der Waals surface area contributed by atoms with Crippen LogP contribution in [-0.4, -0.2) is 26.1 Å². The second kappa shape index (κ2) is 5.86. The molecular weight excluding hydrogens is 322 g/mol. The van der Waals surface area contributed by atoms with Gasteiger partial charge in [0.15, 0.2) is 0 Å². The molecule has 22 heavy (non-hydrogen) atoms. The number of halogens is 1. The molecule has 3 aromatic rings. The quantitative estimate of drug-likeness (QED) is 0.798. The molecule has 1 aromatic carbocycles. The van der Waals surface area contributed by atoms with Gasteiger partial charge in [-0.1, -0.05) is 11.6 Å². The van der Waals surface area contributed by atoms with Gasteiger partial charge in [-0.25, -0.2) is 0 Å². The number of nitrogens with one attached hydrogen (secondary N) is 1. The number of carbonyl (C=O) groups is 1. The summed E-state index contributed by atoms with van der Waals surface area (Å²) in [6.07, 6.45) is 1.48. The number of hydrogen-bond donors (Lipinski definition) is 1. The maximum absolute atomic E-state index is 12.6. The van der Waals surface area contributed by atoms with Crippen LogP contribution in [0.3, 0.4) is 0 Å². The number of aromatic nitrogens is 4. The number of hydrogen-bond acceptors (Lipinski definition) is 5. The Morgan fingerprint density at radius 2 is 2.00 bits per heavy atom. The van der Waals surface area contributed by atoms with Crippen molar-refractivity contribution in [1.29, 1.82) is 0 Å². The van der Waals surface area contributed by atoms with Gasteiger partial charge < -0.3 is 5.32 Å². The van der Waals surface area contributed by atoms with Gasteiger partial charge >= 0.3 is 0 Å². The van der Waals surface area contributed by atoms with Gasteiger partial charge in [-0.3, -0.25) is 4.79 Å². The van der Waals surface area contributed by atoms with Crippen molar-refractivity contribution in [1.82, 2.24) is 20.2 Å². The van der Waals surface area contributed by atoms with Gasteiger partial charge in [0.25, 0.3) is 5.91 Å². The predicted molar refractivity (Wildman–Crippen MR) is 85.9 cm³/mol. The Kier molecular flexibility index (Phi) is 3.91. The maximum atomic E-state index is 12.6. The predicted octanol–water partition coefficient (Wildman–Crippen LogP) is 3.25. The van der Waals surface area contributed by atoms with E-state index in [2.05, 4.69) is 20.8 Å². The van der Waals surface area contributed by atoms with Gasteiger partial charge in [-0.2, -0.15) is 4.68 Å². The number of amides is 1. The Labute approximate surface area is 135 Å². The highest BCUT2D eigenvalue weighted by Crippen LogP contribution is 2.30. The number of rotatable bonds is 3. The Morgan fingerprint density at radius 1 is 1.27 bits per heavy atom. The molecule has 6 nitrogen and oxygen atoms in total. The number of thiophene rings is 1. The summed E-state index contributed by atoms with van der Waals surface area (Å²) in [4.78, 5) is 13.7. The third-order valence-corrected chi connectivity index (χ3v) is 4.70. The van der Waals surface area contributed by atoms with Crippen molar-refractivity contribution in [3.05, 3.63) is 51.6 Å². The first-order chi connectivity index (χ1) is 10.6. The minimum atomic E-state index is -0.199. The van der Waals surface area contributed by atoms with E-state index in [0.29, 0.717) is 21.3 Å². The fourth-order valence-electron chi connectivity index (χ4n) is 2.02. The lowest BCUT2D eigenvalue weighted by molar-refractivity contribution is 0.102. The van der Waals surface area contributed by atoms with E-state index in [9.17, 15) is 4.79 Å². The second-order valence-corrected chi connectivity index (χ2v) is 6.32. The van der Waals surface area contributed by atoms with Crippen molar-refractivity contribution in [2.24, 2.45) is 0 Å². The van der Waals surface area contributed by atoms with Gasteiger partial charge in [0.2, 0.25) is 0 Å². The molecule has 3 rings (SSSR count). The van der Waals surface area contributed by atoms with Crippen molar-refractivity contribution in [3.8, 4) is 5.00 Å². The second-order valence-electron chi connectivity index (χ2n) is 4.68. The van der Waals surface area contributed by atoms with Crippen LogP contribution in [0.15, 0.2) is 30.6 Å². The van der Waals surface area contributed by atoms with Crippen LogP contribution in [0.1, 0.15) is 20.8 Å². The average molecular weight is 334 g/mol. The molecule has 0 aliphatic carbocycles. The zero-order valence-electron chi connectivity index (χ0n) is 11.9. The molecule has 0 aliphatic heterocycles. The molecule has 2 heterocycles. The highest BCUT2D eigenvalue weighted by Gasteiger charge is 2.21. The third-order valence-electron chi connectivity index (χ3n) is 3.25. The summed E-state index contributed by atoms with van der Waals surface area (Å²) in [5.74, 6) is -0.199. The van der Waals surface area contributed by atoms with E-state index < -0.39 is 0 Å². The Bertz CT molecular complexity index is 811. The molecule has 0 saturated heterocycles. The molecule has 1 amide bonds. The fourth-order valence-corrected chi connectivity index (χ4v) is 3.22. The van der Waals surface area contributed by atoms with Crippen LogP contribution >= 0.6 is 22.9 Å². The van der Waals surface area contributed by atoms with Crippen molar-refractivity contribution >= 4 is 34.5 Å². The minimum absolute atomic E-state index is 0.199. The van der Waals surface area contributed by atoms with Crippen LogP contribution in [0.25, 0.3) is 5.00 Å². The van der Waals surface area contributed by atoms with Gasteiger partial charge in [-0.15, -0.1) is 16.4 Å². The molecule has 112 valence electrons. The first-order valence-electron chi connectivity index (χ1n) is 6.46. The molecule has 0 atom stereocenters. The number of nitrogens with zero attached hydrogens (tertiary/aromatic N) is 4. The van der Waals surface area contributed by atoms with Crippen molar-refractivity contribution in [2.75, 3.05) is 5.32 Å². The van der Waals surface area contributed by atoms with Gasteiger partial charge in [-0.05, 0) is 54.1 Å². The summed E-state index contributed by atoms with van der Waals surface area (Å²) >= 11 is 7.33. The molecule has 1 N–H and O–H groups in total. The number of benzene rings is 1. The zero-order valence-corrected chi connectivity index (χ0v) is 13.4. The lowest BCUT2D eigenvalue weighted by Gasteiger charge is -2.07. The van der Waals surface area contributed by atoms with E-state index in [4.69, 9.17) is 11.6 Å². The lowest BCUT2D eigenvalue weighted by atomic mass is 10.1. The number of aryl methyl sites for hydroxylation is 1. The molecule has 0 saturated carbocycles. The number of carbonyl (C=O) groups excluding carboxylic acids is 1. The van der Waals surface area contributed by atoms with E-state index in [-0.39, 0.29) is 5.91 Å². The molecular formula is C14H12ClN5OS. The van der Waals surface area contributed by atoms with E-state index in [1.165, 1.54) is 22.3 Å². The van der Waals surface area contributed by atoms with E-state index >= 15 is 0 Å². The fraction of sp³-hybridized carbons (Fsp3) is 0.143. The molecule has 0 unspecified atom stereocenters. The van der Waals surface area contributed by atoms with Crippen LogP contribution in [0, 0.1) is 13.8 Å². The van der Waals surface area contributed by atoms with Crippen LogP contribution in [0.5, 0.6) is 0 Å². The summed E-state index contributed by atoms with van der Waals surface area (Å²) < 4.78 is 1.50. The first kappa shape index (κ1) is 14.7. The summed E-state index contributed by atoms with van der Waals surface area (Å²) in [5, 5.41) is 15.3. The Morgan fingerprint density at radius 3 is 2.64 bits per heavy atom. The molecule has 0 radical (unpaired) electrons. The van der Waals surface area contributed by atoms with E-state index in [1.807, 2.05) is 13.8 Å². The normalized spacial score (nSPS) is 10.7. The minimum Gasteiger partial charge on any atom is -0.322 e. The SMILES string of the molecule is Cc1sc(-n2cnnn2)c(C(=O)Nc2ccc(Cl)cc2)c1C. The van der Waals surface area contributed by atoms with Crippen LogP contribution in [-0.2, 0) is 0 Å². The molecule has 2 aromatic heterocycles. The highest BCUT2D eigenvalue weighted by molar-refractivity contribution is 7.15. The number of tetrazole rings is 1. The van der Waals surface area contributed by atoms with Gasteiger partial charge in [0.05, 0.1) is 5.56 Å². The molecule has 8 heteroatoms. The largest absolute Gasteiger partial charge is 0.322 e. The smallest absolute Gasteiger partial charge is 0.259 e. The van der Waals surface area contributed by atoms with Crippen molar-refractivity contribution in [3.63, 3.8) is 0 Å². The first-order valence-corrected chi connectivity index (χ1v) is 7.66. The van der Waals surface area contributed by atoms with Gasteiger partial charge in [0, 0.05) is 15.6 Å². The van der Waals surface area contributed by atoms with E-state index in [1.54, 1.807) is 24.3 Å². The van der Waals surface area contributed by atoms with Gasteiger partial charge in [0.1, 0.15) is 11.3 Å². The van der Waals surface area contributed by atoms with E-state index in [0.717, 1.165) is 10.4 Å². The zero-order chi connectivity index (χ0) is 15.7. The standard InChI is InChI=1S/C14H12ClN5OS/c1-8-9(2)22-14(20-7-16-18-19-20)12(8)13(21)17-11-5-3-10(15)4-6-11/h3-7H,1-2H3,(H,17,21). The highest BCUT2D eigenvalue weighted by atomic mass is 35.5. The summed E-state index contributed by atoms with van der Waals surface area (Å²) in [6, 6.07) is 6.97. The monoisotopic (exact) mass is 333 g/mol. The molecule has 0 spiro atoms. The maximum Gasteiger partial charge on any atom is 0.259 e. The average Bonchev–Trinajstić information content (AvgIpc) is 3.11. The summed E-state index contributed by atoms with van der Waals surface area (Å²) in [5.41, 5.74) is 2.17. The van der Waals surface area contributed by atoms with Crippen LogP contribution in [0.4, 0.5) is 5.69 Å². The van der Waals surface area contributed by atoms with Crippen molar-refractivity contribution in [2.45, 2.75) is 13.8 Å². The van der Waals surface area contributed by atoms with Crippen LogP contribution < -0.4 is 5.32 Å². The van der Waals surface area contributed by atoms with Crippen LogP contribution in [0.2, 0.25) is 5.02 Å². The Hall–Kier alpha value is -2.25. The lowest BCUT2D eigenvalue weighted by Crippen LogP contribution is -2.15. The topological polar surface area (TPSA) is 72.7 Å². The summed E-state index contributed by atoms with van der Waals surface area (Å²) in [6.45, 7) is 3.88.